The molecular formula is C23H25NO4. The molecule has 0 heterocycles. The summed E-state index contributed by atoms with van der Waals surface area (Å²) in [4.78, 5) is 14.3. The Labute approximate surface area is 164 Å². The number of ether oxygens (including phenoxy) is 1. The van der Waals surface area contributed by atoms with Crippen LogP contribution in [0.1, 0.15) is 17.3 Å². The van der Waals surface area contributed by atoms with Crippen molar-refractivity contribution in [3.8, 4) is 16.9 Å². The van der Waals surface area contributed by atoms with Crippen molar-refractivity contribution < 1.29 is 19.7 Å². The zero-order valence-electron chi connectivity index (χ0n) is 16.1. The second-order valence-electron chi connectivity index (χ2n) is 6.69. The molecule has 3 rings (SSSR count). The third-order valence-corrected chi connectivity index (χ3v) is 4.67. The molecular weight excluding hydrogens is 354 g/mol. The first-order valence-electron chi connectivity index (χ1n) is 9.34. The highest BCUT2D eigenvalue weighted by Gasteiger charge is 2.18. The Morgan fingerprint density at radius 2 is 1.71 bits per heavy atom. The topological polar surface area (TPSA) is 70.0 Å². The number of likely N-dealkylation sites (N-methyl/N-ethyl adjacent to an activating group) is 1. The second-order valence-corrected chi connectivity index (χ2v) is 6.69. The summed E-state index contributed by atoms with van der Waals surface area (Å²) in [6.45, 7) is 2.27. The van der Waals surface area contributed by atoms with E-state index in [4.69, 9.17) is 9.84 Å². The Balaban J connectivity index is 2.00. The van der Waals surface area contributed by atoms with E-state index < -0.39 is 6.10 Å². The lowest BCUT2D eigenvalue weighted by Gasteiger charge is -2.21. The molecule has 0 aromatic heterocycles. The van der Waals surface area contributed by atoms with Crippen LogP contribution in [0.5, 0.6) is 5.75 Å². The van der Waals surface area contributed by atoms with Gasteiger partial charge in [-0.15, -0.1) is 0 Å². The molecule has 3 aromatic rings. The van der Waals surface area contributed by atoms with E-state index in [0.717, 1.165) is 27.6 Å². The average molecular weight is 379 g/mol. The van der Waals surface area contributed by atoms with Gasteiger partial charge in [0.05, 0.1) is 19.3 Å². The summed E-state index contributed by atoms with van der Waals surface area (Å²) in [5, 5.41) is 20.5. The minimum Gasteiger partial charge on any atom is -0.494 e. The van der Waals surface area contributed by atoms with Crippen LogP contribution in [-0.2, 0) is 0 Å². The van der Waals surface area contributed by atoms with Gasteiger partial charge >= 0.3 is 0 Å². The first kappa shape index (κ1) is 19.9. The lowest BCUT2D eigenvalue weighted by Crippen LogP contribution is -2.35. The Bertz CT molecular complexity index is 952. The predicted octanol–water partition coefficient (Wildman–Crippen LogP) is 3.33. The number of benzene rings is 3. The van der Waals surface area contributed by atoms with Gasteiger partial charge in [-0.05, 0) is 47.0 Å². The van der Waals surface area contributed by atoms with Crippen molar-refractivity contribution in [2.24, 2.45) is 0 Å². The molecule has 0 aliphatic carbocycles. The third-order valence-electron chi connectivity index (χ3n) is 4.67. The molecule has 0 aliphatic heterocycles. The van der Waals surface area contributed by atoms with Crippen LogP contribution in [0, 0.1) is 0 Å². The Hall–Kier alpha value is -2.89. The summed E-state index contributed by atoms with van der Waals surface area (Å²) in [6.07, 6.45) is -0.955. The largest absolute Gasteiger partial charge is 0.494 e. The predicted molar refractivity (Wildman–Crippen MR) is 111 cm³/mol. The van der Waals surface area contributed by atoms with E-state index >= 15 is 0 Å². The fraction of sp³-hybridized carbons (Fsp3) is 0.261. The molecule has 3 aromatic carbocycles. The van der Waals surface area contributed by atoms with Crippen LogP contribution >= 0.6 is 0 Å². The van der Waals surface area contributed by atoms with Crippen LogP contribution in [0.2, 0.25) is 0 Å². The summed E-state index contributed by atoms with van der Waals surface area (Å²) in [5.41, 5.74) is 2.65. The van der Waals surface area contributed by atoms with Gasteiger partial charge in [-0.2, -0.15) is 0 Å². The van der Waals surface area contributed by atoms with Crippen molar-refractivity contribution in [2.75, 3.05) is 26.8 Å². The Morgan fingerprint density at radius 1 is 1.04 bits per heavy atom. The molecule has 0 radical (unpaired) electrons. The van der Waals surface area contributed by atoms with E-state index in [0.29, 0.717) is 12.2 Å². The molecule has 5 heteroatoms. The van der Waals surface area contributed by atoms with Crippen molar-refractivity contribution in [2.45, 2.75) is 13.0 Å². The molecule has 0 aliphatic rings. The molecule has 0 saturated heterocycles. The van der Waals surface area contributed by atoms with Gasteiger partial charge in [0.2, 0.25) is 0 Å². The fourth-order valence-corrected chi connectivity index (χ4v) is 3.30. The van der Waals surface area contributed by atoms with Crippen molar-refractivity contribution >= 4 is 16.7 Å². The maximum absolute atomic E-state index is 12.9. The van der Waals surface area contributed by atoms with E-state index in [1.54, 1.807) is 7.05 Å². The lowest BCUT2D eigenvalue weighted by atomic mass is 9.94. The summed E-state index contributed by atoms with van der Waals surface area (Å²) < 4.78 is 5.51. The smallest absolute Gasteiger partial charge is 0.254 e. The minimum absolute atomic E-state index is 0.0737. The molecule has 0 bridgehead atoms. The molecule has 5 nitrogen and oxygen atoms in total. The number of carbonyl (C=O) groups excluding carboxylic acids is 1. The zero-order valence-corrected chi connectivity index (χ0v) is 16.1. The quantitative estimate of drug-likeness (QED) is 0.661. The monoisotopic (exact) mass is 379 g/mol. The number of amides is 1. The van der Waals surface area contributed by atoms with Crippen molar-refractivity contribution in [1.82, 2.24) is 4.90 Å². The van der Waals surface area contributed by atoms with Gasteiger partial charge in [-0.3, -0.25) is 4.79 Å². The second kappa shape index (κ2) is 8.87. The number of fused-ring (bicyclic) bond motifs is 1. The Morgan fingerprint density at radius 3 is 2.36 bits per heavy atom. The number of nitrogens with zero attached hydrogens (tertiary/aromatic N) is 1. The highest BCUT2D eigenvalue weighted by atomic mass is 16.5. The number of hydrogen-bond acceptors (Lipinski definition) is 4. The lowest BCUT2D eigenvalue weighted by molar-refractivity contribution is 0.0521. The molecule has 0 fully saturated rings. The van der Waals surface area contributed by atoms with Crippen molar-refractivity contribution in [3.05, 3.63) is 66.2 Å². The van der Waals surface area contributed by atoms with Crippen LogP contribution in [0.4, 0.5) is 0 Å². The summed E-state index contributed by atoms with van der Waals surface area (Å²) in [7, 11) is 1.62. The minimum atomic E-state index is -0.955. The van der Waals surface area contributed by atoms with Gasteiger partial charge in [0.25, 0.3) is 5.91 Å². The van der Waals surface area contributed by atoms with E-state index in [1.165, 1.54) is 4.90 Å². The number of rotatable bonds is 7. The fourth-order valence-electron chi connectivity index (χ4n) is 3.30. The van der Waals surface area contributed by atoms with Crippen LogP contribution in [0.3, 0.4) is 0 Å². The van der Waals surface area contributed by atoms with Gasteiger partial charge in [0.15, 0.2) is 0 Å². The SMILES string of the molecule is CCOc1ccc(-c2ccc(C(=O)N(C)CC(O)CO)c3ccccc23)cc1. The molecule has 2 N–H and O–H groups in total. The van der Waals surface area contributed by atoms with Crippen molar-refractivity contribution in [3.63, 3.8) is 0 Å². The highest BCUT2D eigenvalue weighted by molar-refractivity contribution is 6.10. The standard InChI is InChI=1S/C23H25NO4/c1-3-28-18-10-8-16(9-11-18)19-12-13-22(21-7-5-4-6-20(19)21)23(27)24(2)14-17(26)15-25/h4-13,17,25-26H,3,14-15H2,1-2H3. The number of carbonyl (C=O) groups is 1. The molecule has 146 valence electrons. The van der Waals surface area contributed by atoms with Crippen LogP contribution < -0.4 is 4.74 Å². The van der Waals surface area contributed by atoms with Gasteiger partial charge in [-0.1, -0.05) is 42.5 Å². The van der Waals surface area contributed by atoms with Crippen LogP contribution in [0.25, 0.3) is 21.9 Å². The zero-order chi connectivity index (χ0) is 20.1. The number of aliphatic hydroxyl groups excluding tert-OH is 2. The number of aliphatic hydroxyl groups is 2. The van der Waals surface area contributed by atoms with Gasteiger partial charge < -0.3 is 19.8 Å². The molecule has 0 saturated carbocycles. The maximum Gasteiger partial charge on any atom is 0.254 e. The first-order valence-corrected chi connectivity index (χ1v) is 9.34. The summed E-state index contributed by atoms with van der Waals surface area (Å²) in [6, 6.07) is 19.5. The van der Waals surface area contributed by atoms with E-state index in [1.807, 2.05) is 67.6 Å². The molecule has 1 unspecified atom stereocenters. The van der Waals surface area contributed by atoms with E-state index in [-0.39, 0.29) is 19.1 Å². The average Bonchev–Trinajstić information content (AvgIpc) is 2.73. The molecule has 0 spiro atoms. The van der Waals surface area contributed by atoms with Crippen molar-refractivity contribution in [1.29, 1.82) is 0 Å². The summed E-state index contributed by atoms with van der Waals surface area (Å²) >= 11 is 0. The maximum atomic E-state index is 12.9. The summed E-state index contributed by atoms with van der Waals surface area (Å²) in [5.74, 6) is 0.633. The van der Waals surface area contributed by atoms with Crippen LogP contribution in [-0.4, -0.2) is 53.9 Å². The molecule has 1 atom stereocenters. The van der Waals surface area contributed by atoms with E-state index in [2.05, 4.69) is 0 Å². The highest BCUT2D eigenvalue weighted by Crippen LogP contribution is 2.32. The van der Waals surface area contributed by atoms with Gasteiger partial charge in [0, 0.05) is 19.2 Å². The van der Waals surface area contributed by atoms with Gasteiger partial charge in [-0.25, -0.2) is 0 Å². The Kier molecular flexibility index (Phi) is 6.29. The van der Waals surface area contributed by atoms with Gasteiger partial charge in [0.1, 0.15) is 5.75 Å². The third kappa shape index (κ3) is 4.16. The molecule has 28 heavy (non-hydrogen) atoms. The van der Waals surface area contributed by atoms with Crippen LogP contribution in [0.15, 0.2) is 60.7 Å². The molecule has 1 amide bonds. The first-order chi connectivity index (χ1) is 13.5. The number of hydrogen-bond donors (Lipinski definition) is 2. The van der Waals surface area contributed by atoms with E-state index in [9.17, 15) is 9.90 Å². The normalized spacial score (nSPS) is 12.0.